The lowest BCUT2D eigenvalue weighted by Crippen LogP contribution is -2.06. The molecule has 0 saturated heterocycles. The number of benzene rings is 2. The van der Waals surface area contributed by atoms with E-state index in [1.54, 1.807) is 24.3 Å². The molecule has 2 aromatic rings. The number of halogens is 1. The highest BCUT2D eigenvalue weighted by Gasteiger charge is 2.26. The molecule has 0 amide bonds. The number of hydrogen-bond donors (Lipinski definition) is 0. The van der Waals surface area contributed by atoms with Crippen LogP contribution in [0, 0.1) is 10.1 Å². The smallest absolute Gasteiger partial charge is 0.363 e. The van der Waals surface area contributed by atoms with E-state index in [1.807, 2.05) is 13.8 Å². The van der Waals surface area contributed by atoms with Crippen LogP contribution in [-0.4, -0.2) is 30.0 Å². The molecule has 0 unspecified atom stereocenters. The minimum Gasteiger partial charge on any atom is -0.490 e. The van der Waals surface area contributed by atoms with Gasteiger partial charge in [0.05, 0.1) is 28.7 Å². The lowest BCUT2D eigenvalue weighted by molar-refractivity contribution is -0.384. The Morgan fingerprint density at radius 2 is 1.86 bits per heavy atom. The summed E-state index contributed by atoms with van der Waals surface area (Å²) in [6.07, 6.45) is 1.55. The molecule has 9 heteroatoms. The molecular weight excluding hydrogens is 400 g/mol. The Morgan fingerprint density at radius 1 is 1.14 bits per heavy atom. The van der Waals surface area contributed by atoms with Gasteiger partial charge < -0.3 is 14.2 Å². The molecule has 0 atom stereocenters. The molecule has 2 aromatic carbocycles. The van der Waals surface area contributed by atoms with Crippen LogP contribution >= 0.6 is 11.6 Å². The predicted octanol–water partition coefficient (Wildman–Crippen LogP) is 4.39. The second kappa shape index (κ2) is 8.74. The predicted molar refractivity (Wildman–Crippen MR) is 107 cm³/mol. The van der Waals surface area contributed by atoms with Crippen molar-refractivity contribution in [1.29, 1.82) is 0 Å². The van der Waals surface area contributed by atoms with Crippen LogP contribution in [0.15, 0.2) is 47.1 Å². The number of esters is 1. The van der Waals surface area contributed by atoms with Gasteiger partial charge in [0.15, 0.2) is 17.2 Å². The van der Waals surface area contributed by atoms with Crippen molar-refractivity contribution in [2.45, 2.75) is 13.8 Å². The van der Waals surface area contributed by atoms with E-state index < -0.39 is 10.9 Å². The van der Waals surface area contributed by atoms with Crippen LogP contribution in [0.2, 0.25) is 5.02 Å². The normalized spacial score (nSPS) is 14.5. The second-order valence-corrected chi connectivity index (χ2v) is 6.24. The van der Waals surface area contributed by atoms with E-state index >= 15 is 0 Å². The van der Waals surface area contributed by atoms with Crippen molar-refractivity contribution in [3.8, 4) is 11.5 Å². The number of cyclic esters (lactones) is 1. The summed E-state index contributed by atoms with van der Waals surface area (Å²) in [6, 6.07) is 9.08. The molecule has 8 nitrogen and oxygen atoms in total. The maximum absolute atomic E-state index is 12.2. The highest BCUT2D eigenvalue weighted by molar-refractivity contribution is 6.34. The van der Waals surface area contributed by atoms with Crippen molar-refractivity contribution in [2.24, 2.45) is 4.99 Å². The lowest BCUT2D eigenvalue weighted by Gasteiger charge is -2.11. The van der Waals surface area contributed by atoms with Crippen LogP contribution in [0.4, 0.5) is 5.69 Å². The fourth-order valence-electron chi connectivity index (χ4n) is 2.63. The summed E-state index contributed by atoms with van der Waals surface area (Å²) in [5.41, 5.74) is 0.859. The minimum absolute atomic E-state index is 0.0166. The topological polar surface area (TPSA) is 100 Å². The average Bonchev–Trinajstić information content (AvgIpc) is 3.04. The monoisotopic (exact) mass is 416 g/mol. The van der Waals surface area contributed by atoms with E-state index in [9.17, 15) is 14.9 Å². The summed E-state index contributed by atoms with van der Waals surface area (Å²) in [6.45, 7) is 4.69. The van der Waals surface area contributed by atoms with Gasteiger partial charge in [0.2, 0.25) is 5.90 Å². The number of hydrogen-bond acceptors (Lipinski definition) is 7. The first-order valence-electron chi connectivity index (χ1n) is 8.79. The molecule has 0 fully saturated rings. The summed E-state index contributed by atoms with van der Waals surface area (Å²) in [4.78, 5) is 26.7. The van der Waals surface area contributed by atoms with Crippen LogP contribution in [0.1, 0.15) is 25.0 Å². The van der Waals surface area contributed by atoms with Crippen molar-refractivity contribution < 1.29 is 23.9 Å². The third kappa shape index (κ3) is 4.55. The highest BCUT2D eigenvalue weighted by Crippen LogP contribution is 2.31. The molecule has 150 valence electrons. The number of aliphatic imine (C=N–C) groups is 1. The zero-order chi connectivity index (χ0) is 21.0. The zero-order valence-electron chi connectivity index (χ0n) is 15.7. The first kappa shape index (κ1) is 20.3. The Balaban J connectivity index is 1.92. The van der Waals surface area contributed by atoms with Crippen molar-refractivity contribution in [2.75, 3.05) is 13.2 Å². The van der Waals surface area contributed by atoms with Gasteiger partial charge in [-0.3, -0.25) is 10.1 Å². The van der Waals surface area contributed by atoms with E-state index in [0.717, 1.165) is 0 Å². The van der Waals surface area contributed by atoms with Crippen LogP contribution < -0.4 is 9.47 Å². The van der Waals surface area contributed by atoms with Gasteiger partial charge in [-0.05, 0) is 43.7 Å². The SMILES string of the molecule is CCOc1ccc(/C=C2/N=C(c3ccc([N+](=O)[O-])cc3Cl)OC2=O)cc1OCC. The van der Waals surface area contributed by atoms with Crippen molar-refractivity contribution in [3.63, 3.8) is 0 Å². The fourth-order valence-corrected chi connectivity index (χ4v) is 2.89. The number of rotatable bonds is 7. The van der Waals surface area contributed by atoms with Crippen LogP contribution in [0.25, 0.3) is 6.08 Å². The summed E-state index contributed by atoms with van der Waals surface area (Å²) in [5.74, 6) is 0.489. The maximum atomic E-state index is 12.2. The minimum atomic E-state index is -0.652. The van der Waals surface area contributed by atoms with Gasteiger partial charge in [-0.15, -0.1) is 0 Å². The fraction of sp³-hybridized carbons (Fsp3) is 0.200. The molecule has 0 bridgehead atoms. The number of non-ortho nitro benzene ring substituents is 1. The number of nitro benzene ring substituents is 1. The summed E-state index contributed by atoms with van der Waals surface area (Å²) >= 11 is 6.09. The van der Waals surface area contributed by atoms with Gasteiger partial charge in [-0.1, -0.05) is 17.7 Å². The lowest BCUT2D eigenvalue weighted by atomic mass is 10.1. The Hall–Kier alpha value is -3.39. The molecule has 3 rings (SSSR count). The zero-order valence-corrected chi connectivity index (χ0v) is 16.4. The van der Waals surface area contributed by atoms with E-state index in [1.165, 1.54) is 18.2 Å². The molecule has 0 spiro atoms. The number of nitro groups is 1. The van der Waals surface area contributed by atoms with Crippen LogP contribution in [0.5, 0.6) is 11.5 Å². The maximum Gasteiger partial charge on any atom is 0.363 e. The van der Waals surface area contributed by atoms with E-state index in [0.29, 0.717) is 30.3 Å². The Labute approximate surface area is 171 Å². The average molecular weight is 417 g/mol. The molecule has 0 aromatic heterocycles. The summed E-state index contributed by atoms with van der Waals surface area (Å²) < 4.78 is 16.3. The largest absolute Gasteiger partial charge is 0.490 e. The molecule has 0 saturated carbocycles. The van der Waals surface area contributed by atoms with Gasteiger partial charge >= 0.3 is 5.97 Å². The van der Waals surface area contributed by atoms with E-state index in [4.69, 9.17) is 25.8 Å². The molecule has 1 heterocycles. The molecule has 29 heavy (non-hydrogen) atoms. The first-order chi connectivity index (χ1) is 13.9. The molecule has 0 aliphatic carbocycles. The van der Waals surface area contributed by atoms with Crippen molar-refractivity contribution in [3.05, 3.63) is 68.4 Å². The third-order valence-electron chi connectivity index (χ3n) is 3.89. The standard InChI is InChI=1S/C20H17ClN2O6/c1-3-27-17-8-5-12(10-18(17)28-4-2)9-16-20(24)29-19(22-16)14-7-6-13(23(25)26)11-15(14)21/h5-11H,3-4H2,1-2H3/b16-9+. The van der Waals surface area contributed by atoms with Crippen LogP contribution in [-0.2, 0) is 9.53 Å². The number of carbonyl (C=O) groups is 1. The summed E-state index contributed by atoms with van der Waals surface area (Å²) in [5, 5.41) is 10.9. The second-order valence-electron chi connectivity index (χ2n) is 5.83. The van der Waals surface area contributed by atoms with Gasteiger partial charge in [0.25, 0.3) is 5.69 Å². The van der Waals surface area contributed by atoms with E-state index in [-0.39, 0.29) is 27.9 Å². The quantitative estimate of drug-likeness (QED) is 0.287. The van der Waals surface area contributed by atoms with Crippen molar-refractivity contribution >= 4 is 35.2 Å². The highest BCUT2D eigenvalue weighted by atomic mass is 35.5. The molecular formula is C20H17ClN2O6. The Morgan fingerprint density at radius 3 is 2.52 bits per heavy atom. The molecule has 1 aliphatic heterocycles. The number of ether oxygens (including phenoxy) is 3. The molecule has 0 N–H and O–H groups in total. The number of nitrogens with zero attached hydrogens (tertiary/aromatic N) is 2. The van der Waals surface area contributed by atoms with Gasteiger partial charge in [-0.2, -0.15) is 0 Å². The van der Waals surface area contributed by atoms with Crippen molar-refractivity contribution in [1.82, 2.24) is 0 Å². The first-order valence-corrected chi connectivity index (χ1v) is 9.17. The molecule has 1 aliphatic rings. The van der Waals surface area contributed by atoms with Gasteiger partial charge in [0.1, 0.15) is 0 Å². The summed E-state index contributed by atoms with van der Waals surface area (Å²) in [7, 11) is 0. The van der Waals surface area contributed by atoms with E-state index in [2.05, 4.69) is 4.99 Å². The number of carbonyl (C=O) groups excluding carboxylic acids is 1. The van der Waals surface area contributed by atoms with Gasteiger partial charge in [0, 0.05) is 12.1 Å². The Kier molecular flexibility index (Phi) is 6.13. The Bertz CT molecular complexity index is 1030. The molecule has 0 radical (unpaired) electrons. The van der Waals surface area contributed by atoms with Gasteiger partial charge in [-0.25, -0.2) is 9.79 Å². The van der Waals surface area contributed by atoms with Crippen LogP contribution in [0.3, 0.4) is 0 Å². The third-order valence-corrected chi connectivity index (χ3v) is 4.20.